The maximum Gasteiger partial charge on any atom is 0.502 e. The van der Waals surface area contributed by atoms with Gasteiger partial charge in [-0.15, -0.1) is 0 Å². The van der Waals surface area contributed by atoms with Gasteiger partial charge in [0.2, 0.25) is 0 Å². The van der Waals surface area contributed by atoms with Gasteiger partial charge in [0.05, 0.1) is 6.04 Å². The Bertz CT molecular complexity index is 289. The molecule has 0 saturated carbocycles. The molecule has 0 spiro atoms. The van der Waals surface area contributed by atoms with Crippen LogP contribution in [0.5, 0.6) is 0 Å². The van der Waals surface area contributed by atoms with Crippen LogP contribution in [0.25, 0.3) is 0 Å². The highest BCUT2D eigenvalue weighted by Crippen LogP contribution is 2.42. The molecule has 1 aliphatic heterocycles. The first-order valence-electron chi connectivity index (χ1n) is 6.78. The zero-order chi connectivity index (χ0) is 14.7. The quantitative estimate of drug-likeness (QED) is 0.700. The molecular formula is C12H28N2O4Si. The monoisotopic (exact) mass is 292 g/mol. The molecule has 19 heavy (non-hydrogen) atoms. The Hall–Kier alpha value is -0.0231. The second-order valence-electron chi connectivity index (χ2n) is 5.14. The molecule has 114 valence electrons. The first kappa shape index (κ1) is 17.0. The van der Waals surface area contributed by atoms with E-state index >= 15 is 0 Å². The summed E-state index contributed by atoms with van der Waals surface area (Å²) in [5.74, 6) is -0.905. The smallest absolute Gasteiger partial charge is 0.377 e. The van der Waals surface area contributed by atoms with Crippen molar-refractivity contribution < 1.29 is 18.0 Å². The van der Waals surface area contributed by atoms with Gasteiger partial charge >= 0.3 is 8.80 Å². The Morgan fingerprint density at radius 3 is 2.26 bits per heavy atom. The average molecular weight is 292 g/mol. The number of rotatable bonds is 6. The van der Waals surface area contributed by atoms with E-state index in [1.807, 2.05) is 13.8 Å². The van der Waals surface area contributed by atoms with E-state index < -0.39 is 14.6 Å². The van der Waals surface area contributed by atoms with Crippen molar-refractivity contribution >= 4 is 8.80 Å². The lowest BCUT2D eigenvalue weighted by atomic mass is 9.84. The third kappa shape index (κ3) is 3.02. The molecule has 0 aromatic rings. The third-order valence-electron chi connectivity index (χ3n) is 4.13. The summed E-state index contributed by atoms with van der Waals surface area (Å²) in [5.41, 5.74) is 12.4. The van der Waals surface area contributed by atoms with Crippen LogP contribution in [0.4, 0.5) is 0 Å². The number of ether oxygens (including phenoxy) is 1. The normalized spacial score (nSPS) is 33.9. The van der Waals surface area contributed by atoms with Crippen molar-refractivity contribution in [3.8, 4) is 0 Å². The minimum atomic E-state index is -2.71. The summed E-state index contributed by atoms with van der Waals surface area (Å²) >= 11 is 0. The van der Waals surface area contributed by atoms with Crippen molar-refractivity contribution in [1.29, 1.82) is 0 Å². The van der Waals surface area contributed by atoms with Gasteiger partial charge in [0.15, 0.2) is 5.79 Å². The molecule has 4 N–H and O–H groups in total. The summed E-state index contributed by atoms with van der Waals surface area (Å²) in [4.78, 5) is 0. The van der Waals surface area contributed by atoms with Crippen molar-refractivity contribution in [2.24, 2.45) is 17.4 Å². The highest BCUT2D eigenvalue weighted by molar-refractivity contribution is 6.60. The molecule has 1 rings (SSSR count). The van der Waals surface area contributed by atoms with Crippen molar-refractivity contribution in [1.82, 2.24) is 0 Å². The molecule has 0 amide bonds. The zero-order valence-corrected chi connectivity index (χ0v) is 13.6. The first-order chi connectivity index (χ1) is 8.91. The van der Waals surface area contributed by atoms with Gasteiger partial charge in [0.25, 0.3) is 0 Å². The Kier molecular flexibility index (Phi) is 5.93. The second kappa shape index (κ2) is 6.62. The summed E-state index contributed by atoms with van der Waals surface area (Å²) in [6.45, 7) is 3.96. The molecule has 7 heteroatoms. The molecule has 0 aliphatic carbocycles. The number of hydrogen-bond donors (Lipinski definition) is 2. The topological polar surface area (TPSA) is 89.0 Å². The van der Waals surface area contributed by atoms with Crippen molar-refractivity contribution in [3.05, 3.63) is 0 Å². The van der Waals surface area contributed by atoms with Crippen LogP contribution in [-0.4, -0.2) is 48.0 Å². The second-order valence-corrected chi connectivity index (χ2v) is 8.02. The van der Waals surface area contributed by atoms with E-state index in [9.17, 15) is 0 Å². The standard InChI is InChI=1S/C12H28N2O4Si/c1-6-11(14)12(15-3)10(9(2)13)7-8-19(16-4,17-5)18-12/h9-11H,6-8,13-14H2,1-5H3. The van der Waals surface area contributed by atoms with Gasteiger partial charge in [-0.05, 0) is 19.8 Å². The maximum atomic E-state index is 6.26. The Morgan fingerprint density at radius 1 is 1.32 bits per heavy atom. The molecular weight excluding hydrogens is 264 g/mol. The van der Waals surface area contributed by atoms with E-state index in [4.69, 9.17) is 29.5 Å². The van der Waals surface area contributed by atoms with Crippen LogP contribution >= 0.6 is 0 Å². The summed E-state index contributed by atoms with van der Waals surface area (Å²) < 4.78 is 23.0. The van der Waals surface area contributed by atoms with Crippen LogP contribution in [0.1, 0.15) is 26.7 Å². The van der Waals surface area contributed by atoms with E-state index in [0.29, 0.717) is 0 Å². The predicted octanol–water partition coefficient (Wildman–Crippen LogP) is 0.682. The fourth-order valence-electron chi connectivity index (χ4n) is 2.88. The predicted molar refractivity (Wildman–Crippen MR) is 75.4 cm³/mol. The average Bonchev–Trinajstić information content (AvgIpc) is 2.45. The molecule has 4 unspecified atom stereocenters. The van der Waals surface area contributed by atoms with Gasteiger partial charge < -0.3 is 29.5 Å². The molecule has 0 radical (unpaired) electrons. The van der Waals surface area contributed by atoms with Crippen LogP contribution in [0.3, 0.4) is 0 Å². The highest BCUT2D eigenvalue weighted by Gasteiger charge is 2.59. The van der Waals surface area contributed by atoms with E-state index in [1.165, 1.54) is 0 Å². The molecule has 1 fully saturated rings. The van der Waals surface area contributed by atoms with Gasteiger partial charge in [-0.2, -0.15) is 0 Å². The number of hydrogen-bond acceptors (Lipinski definition) is 6. The van der Waals surface area contributed by atoms with Crippen LogP contribution in [0.2, 0.25) is 6.04 Å². The molecule has 0 aromatic heterocycles. The van der Waals surface area contributed by atoms with Crippen LogP contribution in [0.15, 0.2) is 0 Å². The lowest BCUT2D eigenvalue weighted by Gasteiger charge is -2.51. The highest BCUT2D eigenvalue weighted by atomic mass is 28.4. The molecule has 1 aliphatic rings. The maximum absolute atomic E-state index is 6.26. The lowest BCUT2D eigenvalue weighted by molar-refractivity contribution is -0.253. The van der Waals surface area contributed by atoms with Crippen molar-refractivity contribution in [2.45, 2.75) is 50.6 Å². The lowest BCUT2D eigenvalue weighted by Crippen LogP contribution is -2.68. The molecule has 6 nitrogen and oxygen atoms in total. The van der Waals surface area contributed by atoms with Gasteiger partial charge in [-0.1, -0.05) is 6.92 Å². The Morgan fingerprint density at radius 2 is 1.89 bits per heavy atom. The summed E-state index contributed by atoms with van der Waals surface area (Å²) in [6.07, 6.45) is 1.56. The van der Waals surface area contributed by atoms with Crippen molar-refractivity contribution in [2.75, 3.05) is 21.3 Å². The molecule has 1 saturated heterocycles. The summed E-state index contributed by atoms with van der Waals surface area (Å²) in [6, 6.07) is 0.387. The van der Waals surface area contributed by atoms with Crippen LogP contribution in [0, 0.1) is 5.92 Å². The minimum Gasteiger partial charge on any atom is -0.377 e. The van der Waals surface area contributed by atoms with Gasteiger partial charge in [0, 0.05) is 39.3 Å². The fourth-order valence-corrected chi connectivity index (χ4v) is 5.26. The largest absolute Gasteiger partial charge is 0.502 e. The Balaban J connectivity index is 3.14. The SMILES string of the molecule is CCC(N)C1(OC)O[Si](OC)(OC)CCC1C(C)N. The first-order valence-corrected chi connectivity index (χ1v) is 8.71. The summed E-state index contributed by atoms with van der Waals surface area (Å²) in [7, 11) is 2.12. The van der Waals surface area contributed by atoms with Gasteiger partial charge in [0.1, 0.15) is 0 Å². The molecule has 0 bridgehead atoms. The van der Waals surface area contributed by atoms with E-state index in [1.54, 1.807) is 21.3 Å². The van der Waals surface area contributed by atoms with Crippen molar-refractivity contribution in [3.63, 3.8) is 0 Å². The molecule has 1 heterocycles. The number of nitrogens with two attached hydrogens (primary N) is 2. The number of methoxy groups -OCH3 is 1. The molecule has 4 atom stereocenters. The van der Waals surface area contributed by atoms with Crippen LogP contribution < -0.4 is 11.5 Å². The molecule has 0 aromatic carbocycles. The fraction of sp³-hybridized carbons (Fsp3) is 1.00. The van der Waals surface area contributed by atoms with E-state index in [-0.39, 0.29) is 18.0 Å². The zero-order valence-electron chi connectivity index (χ0n) is 12.6. The van der Waals surface area contributed by atoms with Gasteiger partial charge in [-0.3, -0.25) is 0 Å². The van der Waals surface area contributed by atoms with E-state index in [2.05, 4.69) is 0 Å². The van der Waals surface area contributed by atoms with Gasteiger partial charge in [-0.25, -0.2) is 0 Å². The van der Waals surface area contributed by atoms with E-state index in [0.717, 1.165) is 18.9 Å². The third-order valence-corrected chi connectivity index (χ3v) is 6.90. The summed E-state index contributed by atoms with van der Waals surface area (Å²) in [5, 5.41) is 0. The van der Waals surface area contributed by atoms with Crippen LogP contribution in [-0.2, 0) is 18.0 Å². The minimum absolute atomic E-state index is 0.0263. The Labute approximate surface area is 117 Å².